The van der Waals surface area contributed by atoms with Crippen molar-refractivity contribution < 1.29 is 0 Å². The molecule has 4 aliphatic rings. The van der Waals surface area contributed by atoms with E-state index in [4.69, 9.17) is 0 Å². The fraction of sp³-hybridized carbons (Fsp3) is 0.600. The Bertz CT molecular complexity index is 224. The van der Waals surface area contributed by atoms with Crippen molar-refractivity contribution in [1.29, 1.82) is 0 Å². The van der Waals surface area contributed by atoms with Crippen LogP contribution in [-0.4, -0.2) is 0 Å². The minimum Gasteiger partial charge on any atom is -0.0882 e. The van der Waals surface area contributed by atoms with Crippen molar-refractivity contribution in [2.75, 3.05) is 0 Å². The van der Waals surface area contributed by atoms with Crippen molar-refractivity contribution in [2.24, 2.45) is 17.3 Å². The maximum Gasteiger partial charge on any atom is -0.00410 e. The van der Waals surface area contributed by atoms with Crippen molar-refractivity contribution in [1.82, 2.24) is 0 Å². The van der Waals surface area contributed by atoms with Crippen LogP contribution in [0.2, 0.25) is 0 Å². The monoisotopic (exact) mass is 132 g/mol. The van der Waals surface area contributed by atoms with Gasteiger partial charge in [-0.3, -0.25) is 0 Å². The molecule has 3 atom stereocenters. The van der Waals surface area contributed by atoms with Crippen molar-refractivity contribution in [3.8, 4) is 0 Å². The number of hydrogen-bond donors (Lipinski definition) is 0. The van der Waals surface area contributed by atoms with Crippen molar-refractivity contribution in [3.05, 3.63) is 24.3 Å². The van der Waals surface area contributed by atoms with E-state index in [1.54, 1.807) is 0 Å². The molecule has 1 spiro atoms. The average molecular weight is 132 g/mol. The van der Waals surface area contributed by atoms with Gasteiger partial charge in [0.25, 0.3) is 0 Å². The van der Waals surface area contributed by atoms with E-state index >= 15 is 0 Å². The maximum atomic E-state index is 2.48. The summed E-state index contributed by atoms with van der Waals surface area (Å²) in [5, 5.41) is 0. The molecule has 0 radical (unpaired) electrons. The molecule has 2 bridgehead atoms. The predicted molar refractivity (Wildman–Crippen MR) is 41.5 cm³/mol. The Kier molecular flexibility index (Phi) is 0.719. The van der Waals surface area contributed by atoms with E-state index in [-0.39, 0.29) is 0 Å². The van der Waals surface area contributed by atoms with Gasteiger partial charge in [0.15, 0.2) is 0 Å². The van der Waals surface area contributed by atoms with E-state index in [9.17, 15) is 0 Å². The van der Waals surface area contributed by atoms with Crippen LogP contribution in [0, 0.1) is 17.3 Å². The lowest BCUT2D eigenvalue weighted by Gasteiger charge is -2.48. The fourth-order valence-corrected chi connectivity index (χ4v) is 2.93. The van der Waals surface area contributed by atoms with Crippen LogP contribution < -0.4 is 0 Å². The van der Waals surface area contributed by atoms with Crippen LogP contribution in [-0.2, 0) is 0 Å². The summed E-state index contributed by atoms with van der Waals surface area (Å²) in [4.78, 5) is 0. The first-order valence-corrected chi connectivity index (χ1v) is 4.27. The normalized spacial score (nSPS) is 54.4. The highest BCUT2D eigenvalue weighted by Crippen LogP contribution is 2.62. The zero-order valence-corrected chi connectivity index (χ0v) is 6.09. The zero-order chi connectivity index (χ0) is 6.60. The highest BCUT2D eigenvalue weighted by molar-refractivity contribution is 5.30. The Balaban J connectivity index is 2.06. The van der Waals surface area contributed by atoms with Crippen LogP contribution in [0.4, 0.5) is 0 Å². The van der Waals surface area contributed by atoms with Gasteiger partial charge in [-0.05, 0) is 36.5 Å². The standard InChI is InChI=1S/C10H12/c1-2-5-10-6-4-8(7-10)9(10)3-1/h1,3-4,6,8-9H,2,5,7H2. The topological polar surface area (TPSA) is 0 Å². The Morgan fingerprint density at radius 2 is 2.30 bits per heavy atom. The minimum atomic E-state index is 0.666. The molecule has 10 heavy (non-hydrogen) atoms. The predicted octanol–water partition coefficient (Wildman–Crippen LogP) is 2.53. The molecular formula is C10H12. The summed E-state index contributed by atoms with van der Waals surface area (Å²) in [6.45, 7) is 0. The second kappa shape index (κ2) is 1.39. The third kappa shape index (κ3) is 0.387. The summed E-state index contributed by atoms with van der Waals surface area (Å²) < 4.78 is 0. The van der Waals surface area contributed by atoms with Gasteiger partial charge in [0.2, 0.25) is 0 Å². The lowest BCUT2D eigenvalue weighted by molar-refractivity contribution is 0.0803. The molecule has 0 aromatic heterocycles. The van der Waals surface area contributed by atoms with Gasteiger partial charge in [-0.25, -0.2) is 0 Å². The third-order valence-electron chi connectivity index (χ3n) is 3.54. The molecule has 3 unspecified atom stereocenters. The molecule has 0 N–H and O–H groups in total. The molecule has 0 nitrogen and oxygen atoms in total. The van der Waals surface area contributed by atoms with E-state index in [1.807, 2.05) is 0 Å². The first-order chi connectivity index (χ1) is 4.91. The Hall–Kier alpha value is -0.520. The van der Waals surface area contributed by atoms with Crippen molar-refractivity contribution in [2.45, 2.75) is 19.3 Å². The van der Waals surface area contributed by atoms with Gasteiger partial charge in [0, 0.05) is 0 Å². The highest BCUT2D eigenvalue weighted by atomic mass is 14.6. The number of hydrogen-bond acceptors (Lipinski definition) is 0. The molecule has 0 aromatic carbocycles. The molecule has 52 valence electrons. The first kappa shape index (κ1) is 5.17. The zero-order valence-electron chi connectivity index (χ0n) is 6.09. The molecule has 1 fully saturated rings. The molecule has 0 heterocycles. The van der Waals surface area contributed by atoms with Crippen molar-refractivity contribution >= 4 is 0 Å². The summed E-state index contributed by atoms with van der Waals surface area (Å²) in [6, 6.07) is 0. The molecular weight excluding hydrogens is 120 g/mol. The summed E-state index contributed by atoms with van der Waals surface area (Å²) in [6.07, 6.45) is 13.9. The third-order valence-corrected chi connectivity index (χ3v) is 3.54. The fourth-order valence-electron chi connectivity index (χ4n) is 2.93. The van der Waals surface area contributed by atoms with Crippen molar-refractivity contribution in [3.63, 3.8) is 0 Å². The smallest absolute Gasteiger partial charge is 0.00410 e. The molecule has 0 aliphatic heterocycles. The van der Waals surface area contributed by atoms with Crippen LogP contribution in [0.5, 0.6) is 0 Å². The number of rotatable bonds is 0. The summed E-state index contributed by atoms with van der Waals surface area (Å²) in [5.41, 5.74) is 0.666. The van der Waals surface area contributed by atoms with E-state index in [1.165, 1.54) is 19.3 Å². The SMILES string of the molecule is C1=CC2C3C=CC2(CC1)C3. The Morgan fingerprint density at radius 3 is 3.10 bits per heavy atom. The highest BCUT2D eigenvalue weighted by Gasteiger charge is 2.54. The lowest BCUT2D eigenvalue weighted by atomic mass is 9.55. The van der Waals surface area contributed by atoms with Crippen LogP contribution in [0.1, 0.15) is 19.3 Å². The number of allylic oxidation sites excluding steroid dienone is 4. The Morgan fingerprint density at radius 1 is 1.30 bits per heavy atom. The summed E-state index contributed by atoms with van der Waals surface area (Å²) >= 11 is 0. The average Bonchev–Trinajstić information content (AvgIpc) is 2.44. The molecule has 4 aliphatic carbocycles. The van der Waals surface area contributed by atoms with E-state index in [0.717, 1.165) is 11.8 Å². The molecule has 1 saturated carbocycles. The minimum absolute atomic E-state index is 0.666. The van der Waals surface area contributed by atoms with Gasteiger partial charge in [0.05, 0.1) is 0 Å². The summed E-state index contributed by atoms with van der Waals surface area (Å²) in [7, 11) is 0. The molecule has 0 heteroatoms. The summed E-state index contributed by atoms with van der Waals surface area (Å²) in [5.74, 6) is 1.85. The quantitative estimate of drug-likeness (QED) is 0.444. The van der Waals surface area contributed by atoms with Crippen LogP contribution in [0.15, 0.2) is 24.3 Å². The first-order valence-electron chi connectivity index (χ1n) is 4.27. The second-order valence-corrected chi connectivity index (χ2v) is 3.95. The molecule has 0 amide bonds. The van der Waals surface area contributed by atoms with Gasteiger partial charge in [-0.2, -0.15) is 0 Å². The van der Waals surface area contributed by atoms with Crippen LogP contribution >= 0.6 is 0 Å². The second-order valence-electron chi connectivity index (χ2n) is 3.95. The largest absolute Gasteiger partial charge is 0.0882 e. The van der Waals surface area contributed by atoms with Gasteiger partial charge in [0.1, 0.15) is 0 Å². The van der Waals surface area contributed by atoms with E-state index in [2.05, 4.69) is 24.3 Å². The van der Waals surface area contributed by atoms with Gasteiger partial charge in [-0.1, -0.05) is 24.3 Å². The Labute approximate surface area is 61.6 Å². The van der Waals surface area contributed by atoms with Gasteiger partial charge < -0.3 is 0 Å². The molecule has 0 aromatic rings. The lowest BCUT2D eigenvalue weighted by Crippen LogP contribution is -2.41. The van der Waals surface area contributed by atoms with Crippen LogP contribution in [0.25, 0.3) is 0 Å². The van der Waals surface area contributed by atoms with E-state index < -0.39 is 0 Å². The van der Waals surface area contributed by atoms with Gasteiger partial charge >= 0.3 is 0 Å². The molecule has 0 saturated heterocycles. The van der Waals surface area contributed by atoms with E-state index in [0.29, 0.717) is 5.41 Å². The molecule has 4 rings (SSSR count). The van der Waals surface area contributed by atoms with Crippen LogP contribution in [0.3, 0.4) is 0 Å². The van der Waals surface area contributed by atoms with Gasteiger partial charge in [-0.15, -0.1) is 0 Å². The maximum absolute atomic E-state index is 2.48.